The zero-order valence-electron chi connectivity index (χ0n) is 7.32. The number of anilines is 1. The first-order valence-corrected chi connectivity index (χ1v) is 4.04. The smallest absolute Gasteiger partial charge is 0.131 e. The van der Waals surface area contributed by atoms with E-state index in [2.05, 4.69) is 5.16 Å². The van der Waals surface area contributed by atoms with Crippen LogP contribution < -0.4 is 5.73 Å². The summed E-state index contributed by atoms with van der Waals surface area (Å²) in [5.74, 6) is 0. The maximum Gasteiger partial charge on any atom is 0.131 e. The molecule has 0 aliphatic rings. The molecule has 1 aromatic carbocycles. The topological polar surface area (TPSA) is 52.0 Å². The average molecular weight is 174 g/mol. The lowest BCUT2D eigenvalue weighted by Gasteiger charge is -1.97. The fraction of sp³-hybridized carbons (Fsp3) is 0.100. The van der Waals surface area contributed by atoms with Crippen LogP contribution in [0.2, 0.25) is 0 Å². The fourth-order valence-corrected chi connectivity index (χ4v) is 1.23. The molecule has 3 heteroatoms. The van der Waals surface area contributed by atoms with Gasteiger partial charge in [-0.15, -0.1) is 0 Å². The van der Waals surface area contributed by atoms with E-state index in [1.54, 1.807) is 6.26 Å². The Bertz CT molecular complexity index is 403. The second-order valence-corrected chi connectivity index (χ2v) is 2.94. The van der Waals surface area contributed by atoms with Crippen LogP contribution in [0, 0.1) is 6.92 Å². The van der Waals surface area contributed by atoms with Gasteiger partial charge in [0.15, 0.2) is 0 Å². The van der Waals surface area contributed by atoms with Crippen molar-refractivity contribution in [3.63, 3.8) is 0 Å². The monoisotopic (exact) mass is 174 g/mol. The van der Waals surface area contributed by atoms with Crippen LogP contribution in [0.1, 0.15) is 5.69 Å². The van der Waals surface area contributed by atoms with Gasteiger partial charge in [-0.25, -0.2) is 0 Å². The van der Waals surface area contributed by atoms with Crippen LogP contribution in [-0.4, -0.2) is 5.16 Å². The van der Waals surface area contributed by atoms with E-state index in [1.807, 2.05) is 31.2 Å². The molecule has 0 amide bonds. The molecular formula is C10H10N2O. The Labute approximate surface area is 76.2 Å². The van der Waals surface area contributed by atoms with Crippen LogP contribution in [0.15, 0.2) is 35.1 Å². The van der Waals surface area contributed by atoms with Crippen molar-refractivity contribution in [3.05, 3.63) is 36.2 Å². The highest BCUT2D eigenvalue weighted by Crippen LogP contribution is 2.22. The first-order chi connectivity index (χ1) is 6.27. The summed E-state index contributed by atoms with van der Waals surface area (Å²) in [5.41, 5.74) is 9.32. The Morgan fingerprint density at radius 3 is 2.46 bits per heavy atom. The molecule has 0 radical (unpaired) electrons. The molecule has 0 saturated carbocycles. The van der Waals surface area contributed by atoms with Crippen LogP contribution in [0.5, 0.6) is 0 Å². The summed E-state index contributed by atoms with van der Waals surface area (Å²) in [6.45, 7) is 1.91. The van der Waals surface area contributed by atoms with Crippen LogP contribution in [0.25, 0.3) is 11.1 Å². The van der Waals surface area contributed by atoms with Crippen molar-refractivity contribution < 1.29 is 4.52 Å². The second-order valence-electron chi connectivity index (χ2n) is 2.94. The third-order valence-electron chi connectivity index (χ3n) is 1.97. The summed E-state index contributed by atoms with van der Waals surface area (Å²) in [7, 11) is 0. The van der Waals surface area contributed by atoms with Gasteiger partial charge in [-0.3, -0.25) is 0 Å². The van der Waals surface area contributed by atoms with E-state index >= 15 is 0 Å². The molecule has 1 heterocycles. The summed E-state index contributed by atoms with van der Waals surface area (Å²) in [4.78, 5) is 0. The molecule has 66 valence electrons. The molecule has 1 aromatic heterocycles. The number of aryl methyl sites for hydroxylation is 1. The molecule has 2 aromatic rings. The zero-order chi connectivity index (χ0) is 9.26. The van der Waals surface area contributed by atoms with Gasteiger partial charge in [0.2, 0.25) is 0 Å². The number of benzene rings is 1. The number of nitrogen functional groups attached to an aromatic ring is 1. The van der Waals surface area contributed by atoms with Gasteiger partial charge >= 0.3 is 0 Å². The molecule has 3 nitrogen and oxygen atoms in total. The Morgan fingerprint density at radius 2 is 1.92 bits per heavy atom. The Balaban J connectivity index is 2.47. The highest BCUT2D eigenvalue weighted by atomic mass is 16.5. The number of nitrogens with zero attached hydrogens (tertiary/aromatic N) is 1. The molecule has 0 atom stereocenters. The van der Waals surface area contributed by atoms with Gasteiger partial charge in [-0.05, 0) is 24.6 Å². The minimum Gasteiger partial charge on any atom is -0.399 e. The highest BCUT2D eigenvalue weighted by Gasteiger charge is 2.04. The third kappa shape index (κ3) is 1.40. The minimum atomic E-state index is 0.762. The van der Waals surface area contributed by atoms with Crippen LogP contribution in [-0.2, 0) is 0 Å². The molecule has 0 saturated heterocycles. The highest BCUT2D eigenvalue weighted by molar-refractivity contribution is 5.66. The first kappa shape index (κ1) is 7.86. The van der Waals surface area contributed by atoms with Crippen molar-refractivity contribution in [2.45, 2.75) is 6.92 Å². The predicted octanol–water partition coefficient (Wildman–Crippen LogP) is 2.23. The van der Waals surface area contributed by atoms with Crippen molar-refractivity contribution in [3.8, 4) is 11.1 Å². The average Bonchev–Trinajstić information content (AvgIpc) is 2.53. The van der Waals surface area contributed by atoms with Crippen molar-refractivity contribution in [1.29, 1.82) is 0 Å². The molecule has 13 heavy (non-hydrogen) atoms. The predicted molar refractivity (Wildman–Crippen MR) is 51.1 cm³/mol. The molecule has 0 unspecified atom stereocenters. The van der Waals surface area contributed by atoms with Gasteiger partial charge in [0, 0.05) is 11.3 Å². The van der Waals surface area contributed by atoms with E-state index < -0.39 is 0 Å². The van der Waals surface area contributed by atoms with Gasteiger partial charge in [0.05, 0.1) is 5.69 Å². The van der Waals surface area contributed by atoms with Gasteiger partial charge in [0.25, 0.3) is 0 Å². The summed E-state index contributed by atoms with van der Waals surface area (Å²) in [6, 6.07) is 7.63. The lowest BCUT2D eigenvalue weighted by Crippen LogP contribution is -1.84. The minimum absolute atomic E-state index is 0.762. The van der Waals surface area contributed by atoms with E-state index in [1.165, 1.54) is 0 Å². The molecule has 0 fully saturated rings. The van der Waals surface area contributed by atoms with E-state index in [0.29, 0.717) is 0 Å². The van der Waals surface area contributed by atoms with Gasteiger partial charge in [0.1, 0.15) is 6.26 Å². The van der Waals surface area contributed by atoms with E-state index in [9.17, 15) is 0 Å². The number of nitrogens with two attached hydrogens (primary N) is 1. The summed E-state index contributed by atoms with van der Waals surface area (Å²) in [6.07, 6.45) is 1.64. The van der Waals surface area contributed by atoms with Gasteiger partial charge < -0.3 is 10.3 Å². The summed E-state index contributed by atoms with van der Waals surface area (Å²) in [5, 5.41) is 3.81. The van der Waals surface area contributed by atoms with Crippen molar-refractivity contribution in [2.24, 2.45) is 0 Å². The lowest BCUT2D eigenvalue weighted by molar-refractivity contribution is 0.415. The van der Waals surface area contributed by atoms with Crippen LogP contribution in [0.4, 0.5) is 5.69 Å². The Hall–Kier alpha value is -1.77. The molecule has 2 N–H and O–H groups in total. The molecule has 0 bridgehead atoms. The normalized spacial score (nSPS) is 10.2. The quantitative estimate of drug-likeness (QED) is 0.674. The van der Waals surface area contributed by atoms with Crippen molar-refractivity contribution >= 4 is 5.69 Å². The van der Waals surface area contributed by atoms with E-state index in [-0.39, 0.29) is 0 Å². The third-order valence-corrected chi connectivity index (χ3v) is 1.97. The van der Waals surface area contributed by atoms with E-state index in [0.717, 1.165) is 22.5 Å². The number of rotatable bonds is 1. The number of hydrogen-bond donors (Lipinski definition) is 1. The summed E-state index contributed by atoms with van der Waals surface area (Å²) < 4.78 is 4.85. The maximum atomic E-state index is 5.58. The molecular weight excluding hydrogens is 164 g/mol. The second kappa shape index (κ2) is 2.94. The van der Waals surface area contributed by atoms with Crippen LogP contribution in [0.3, 0.4) is 0 Å². The number of hydrogen-bond acceptors (Lipinski definition) is 3. The SMILES string of the molecule is Cc1nocc1-c1ccc(N)cc1. The Kier molecular flexibility index (Phi) is 1.77. The Morgan fingerprint density at radius 1 is 1.23 bits per heavy atom. The van der Waals surface area contributed by atoms with Crippen LogP contribution >= 0.6 is 0 Å². The first-order valence-electron chi connectivity index (χ1n) is 4.04. The van der Waals surface area contributed by atoms with Gasteiger partial charge in [-0.1, -0.05) is 17.3 Å². The lowest BCUT2D eigenvalue weighted by atomic mass is 10.1. The van der Waals surface area contributed by atoms with E-state index in [4.69, 9.17) is 10.3 Å². The maximum absolute atomic E-state index is 5.58. The van der Waals surface area contributed by atoms with Crippen molar-refractivity contribution in [1.82, 2.24) is 5.16 Å². The van der Waals surface area contributed by atoms with Gasteiger partial charge in [-0.2, -0.15) is 0 Å². The fourth-order valence-electron chi connectivity index (χ4n) is 1.23. The largest absolute Gasteiger partial charge is 0.399 e. The molecule has 2 rings (SSSR count). The summed E-state index contributed by atoms with van der Waals surface area (Å²) >= 11 is 0. The zero-order valence-corrected chi connectivity index (χ0v) is 7.32. The molecule has 0 aliphatic heterocycles. The number of aromatic nitrogens is 1. The molecule has 0 spiro atoms. The van der Waals surface area contributed by atoms with Crippen molar-refractivity contribution in [2.75, 3.05) is 5.73 Å². The molecule has 0 aliphatic carbocycles. The standard InChI is InChI=1S/C10H10N2O/c1-7-10(6-13-12-7)8-2-4-9(11)5-3-8/h2-6H,11H2,1H3.